The van der Waals surface area contributed by atoms with E-state index in [4.69, 9.17) is 11.6 Å². The van der Waals surface area contributed by atoms with E-state index in [0.717, 1.165) is 13.1 Å². The molecule has 96 valence electrons. The molecule has 0 aliphatic rings. The number of benzene rings is 1. The van der Waals surface area contributed by atoms with Gasteiger partial charge in [0.1, 0.15) is 0 Å². The lowest BCUT2D eigenvalue weighted by Crippen LogP contribution is -2.23. The Bertz CT molecular complexity index is 470. The predicted octanol–water partition coefficient (Wildman–Crippen LogP) is 4.60. The molecular formula is C14H17ClN2S. The first-order valence-corrected chi connectivity index (χ1v) is 7.39. The van der Waals surface area contributed by atoms with Crippen LogP contribution in [-0.2, 0) is 6.54 Å². The number of thiazole rings is 1. The molecule has 0 radical (unpaired) electrons. The molecule has 0 N–H and O–H groups in total. The predicted molar refractivity (Wildman–Crippen MR) is 79.5 cm³/mol. The van der Waals surface area contributed by atoms with Crippen LogP contribution in [0.5, 0.6) is 0 Å². The summed E-state index contributed by atoms with van der Waals surface area (Å²) in [6.07, 6.45) is 4.27. The first kappa shape index (κ1) is 13.4. The topological polar surface area (TPSA) is 16.1 Å². The highest BCUT2D eigenvalue weighted by Gasteiger charge is 2.08. The van der Waals surface area contributed by atoms with Crippen LogP contribution in [0.2, 0.25) is 4.47 Å². The average Bonchev–Trinajstić information content (AvgIpc) is 2.81. The summed E-state index contributed by atoms with van der Waals surface area (Å²) in [5.74, 6) is 0. The molecule has 0 aliphatic carbocycles. The van der Waals surface area contributed by atoms with Gasteiger partial charge in [-0.05, 0) is 18.6 Å². The Hall–Kier alpha value is -1.06. The number of anilines is 1. The van der Waals surface area contributed by atoms with Crippen LogP contribution in [0.3, 0.4) is 0 Å². The van der Waals surface area contributed by atoms with Crippen LogP contribution in [-0.4, -0.2) is 11.5 Å². The Labute approximate surface area is 117 Å². The van der Waals surface area contributed by atoms with E-state index in [2.05, 4.69) is 41.1 Å². The molecule has 0 saturated heterocycles. The second kappa shape index (κ2) is 6.76. The zero-order chi connectivity index (χ0) is 12.8. The van der Waals surface area contributed by atoms with Crippen molar-refractivity contribution in [3.8, 4) is 0 Å². The van der Waals surface area contributed by atoms with Gasteiger partial charge in [-0.25, -0.2) is 4.98 Å². The zero-order valence-electron chi connectivity index (χ0n) is 10.5. The van der Waals surface area contributed by atoms with E-state index >= 15 is 0 Å². The van der Waals surface area contributed by atoms with Crippen LogP contribution < -0.4 is 4.90 Å². The van der Waals surface area contributed by atoms with Crippen molar-refractivity contribution in [3.05, 3.63) is 45.9 Å². The van der Waals surface area contributed by atoms with Gasteiger partial charge in [0.05, 0.1) is 6.54 Å². The minimum absolute atomic E-state index is 0.619. The molecule has 2 nitrogen and oxygen atoms in total. The maximum Gasteiger partial charge on any atom is 0.183 e. The number of nitrogens with zero attached hydrogens (tertiary/aromatic N) is 2. The van der Waals surface area contributed by atoms with Crippen LogP contribution in [0.1, 0.15) is 24.6 Å². The van der Waals surface area contributed by atoms with E-state index in [9.17, 15) is 0 Å². The maximum absolute atomic E-state index is 5.88. The van der Waals surface area contributed by atoms with Gasteiger partial charge >= 0.3 is 0 Å². The van der Waals surface area contributed by atoms with E-state index in [-0.39, 0.29) is 0 Å². The van der Waals surface area contributed by atoms with Gasteiger partial charge in [-0.2, -0.15) is 0 Å². The summed E-state index contributed by atoms with van der Waals surface area (Å²) in [4.78, 5) is 7.69. The molecule has 0 unspecified atom stereocenters. The minimum Gasteiger partial charge on any atom is -0.366 e. The highest BCUT2D eigenvalue weighted by atomic mass is 35.5. The van der Waals surface area contributed by atoms with Gasteiger partial charge in [0.25, 0.3) is 0 Å². The van der Waals surface area contributed by atoms with Crippen LogP contribution in [0, 0.1) is 0 Å². The van der Waals surface area contributed by atoms with E-state index in [1.165, 1.54) is 23.4 Å². The number of para-hydroxylation sites is 1. The van der Waals surface area contributed by atoms with Crippen molar-refractivity contribution in [1.82, 2.24) is 4.98 Å². The minimum atomic E-state index is 0.619. The molecule has 0 aliphatic heterocycles. The SMILES string of the molecule is CCCCN(Cc1cnc(Cl)s1)c1ccccc1. The van der Waals surface area contributed by atoms with Gasteiger partial charge in [0.15, 0.2) is 4.47 Å². The van der Waals surface area contributed by atoms with E-state index in [1.54, 1.807) is 11.3 Å². The van der Waals surface area contributed by atoms with Gasteiger partial charge in [-0.3, -0.25) is 0 Å². The average molecular weight is 281 g/mol. The number of hydrogen-bond acceptors (Lipinski definition) is 3. The summed E-state index contributed by atoms with van der Waals surface area (Å²) in [6, 6.07) is 10.5. The molecule has 1 aromatic heterocycles. The molecule has 0 spiro atoms. The number of aromatic nitrogens is 1. The van der Waals surface area contributed by atoms with Crippen molar-refractivity contribution < 1.29 is 0 Å². The van der Waals surface area contributed by atoms with E-state index in [1.807, 2.05) is 12.3 Å². The monoisotopic (exact) mass is 280 g/mol. The maximum atomic E-state index is 5.88. The van der Waals surface area contributed by atoms with Gasteiger partial charge in [0.2, 0.25) is 0 Å². The molecule has 0 amide bonds. The first-order valence-electron chi connectivity index (χ1n) is 6.20. The Kier molecular flexibility index (Phi) is 5.02. The van der Waals surface area contributed by atoms with Gasteiger partial charge in [-0.15, -0.1) is 11.3 Å². The van der Waals surface area contributed by atoms with Gasteiger partial charge in [-0.1, -0.05) is 43.1 Å². The third-order valence-electron chi connectivity index (χ3n) is 2.77. The fourth-order valence-corrected chi connectivity index (χ4v) is 2.83. The lowest BCUT2D eigenvalue weighted by molar-refractivity contribution is 0.719. The van der Waals surface area contributed by atoms with E-state index in [0.29, 0.717) is 4.47 Å². The summed E-state index contributed by atoms with van der Waals surface area (Å²) < 4.78 is 0.619. The number of rotatable bonds is 6. The molecule has 0 saturated carbocycles. The lowest BCUT2D eigenvalue weighted by Gasteiger charge is -2.23. The Balaban J connectivity index is 2.10. The smallest absolute Gasteiger partial charge is 0.183 e. The fraction of sp³-hybridized carbons (Fsp3) is 0.357. The van der Waals surface area contributed by atoms with Gasteiger partial charge in [0, 0.05) is 23.3 Å². The summed E-state index contributed by atoms with van der Waals surface area (Å²) >= 11 is 7.44. The largest absolute Gasteiger partial charge is 0.366 e. The van der Waals surface area contributed by atoms with Crippen molar-refractivity contribution >= 4 is 28.6 Å². The van der Waals surface area contributed by atoms with Crippen molar-refractivity contribution in [2.45, 2.75) is 26.3 Å². The Morgan fingerprint density at radius 2 is 2.06 bits per heavy atom. The number of unbranched alkanes of at least 4 members (excludes halogenated alkanes) is 1. The van der Waals surface area contributed by atoms with Crippen LogP contribution in [0.15, 0.2) is 36.5 Å². The third-order valence-corrected chi connectivity index (χ3v) is 3.87. The van der Waals surface area contributed by atoms with Gasteiger partial charge < -0.3 is 4.90 Å². The molecule has 0 bridgehead atoms. The number of halogens is 1. The first-order chi connectivity index (χ1) is 8.79. The molecule has 1 aromatic carbocycles. The summed E-state index contributed by atoms with van der Waals surface area (Å²) in [5, 5.41) is 0. The molecule has 2 aromatic rings. The molecule has 1 heterocycles. The van der Waals surface area contributed by atoms with Crippen molar-refractivity contribution in [3.63, 3.8) is 0 Å². The van der Waals surface area contributed by atoms with Crippen molar-refractivity contribution in [2.75, 3.05) is 11.4 Å². The second-order valence-corrected chi connectivity index (χ2v) is 5.89. The van der Waals surface area contributed by atoms with Crippen LogP contribution in [0.4, 0.5) is 5.69 Å². The second-order valence-electron chi connectivity index (χ2n) is 4.19. The molecule has 0 fully saturated rings. The molecule has 2 rings (SSSR count). The van der Waals surface area contributed by atoms with Crippen LogP contribution >= 0.6 is 22.9 Å². The quantitative estimate of drug-likeness (QED) is 0.768. The van der Waals surface area contributed by atoms with E-state index < -0.39 is 0 Å². The molecule has 0 atom stereocenters. The summed E-state index contributed by atoms with van der Waals surface area (Å²) in [5.41, 5.74) is 1.26. The molecular weight excluding hydrogens is 264 g/mol. The molecule has 4 heteroatoms. The van der Waals surface area contributed by atoms with Crippen molar-refractivity contribution in [1.29, 1.82) is 0 Å². The highest BCUT2D eigenvalue weighted by Crippen LogP contribution is 2.23. The zero-order valence-corrected chi connectivity index (χ0v) is 12.0. The third kappa shape index (κ3) is 3.72. The standard InChI is InChI=1S/C14H17ClN2S/c1-2-3-9-17(12-7-5-4-6-8-12)11-13-10-16-14(15)18-13/h4-8,10H,2-3,9,11H2,1H3. The Morgan fingerprint density at radius 1 is 1.28 bits per heavy atom. The fourth-order valence-electron chi connectivity index (χ4n) is 1.83. The highest BCUT2D eigenvalue weighted by molar-refractivity contribution is 7.15. The Morgan fingerprint density at radius 3 is 2.67 bits per heavy atom. The summed E-state index contributed by atoms with van der Waals surface area (Å²) in [7, 11) is 0. The van der Waals surface area contributed by atoms with Crippen molar-refractivity contribution in [2.24, 2.45) is 0 Å². The molecule has 18 heavy (non-hydrogen) atoms. The summed E-state index contributed by atoms with van der Waals surface area (Å²) in [6.45, 7) is 4.16. The lowest BCUT2D eigenvalue weighted by atomic mass is 10.2. The van der Waals surface area contributed by atoms with Crippen LogP contribution in [0.25, 0.3) is 0 Å². The number of hydrogen-bond donors (Lipinski definition) is 0. The normalized spacial score (nSPS) is 10.6.